The number of fused-ring (bicyclic) bond motifs is 1. The molecule has 1 unspecified atom stereocenters. The summed E-state index contributed by atoms with van der Waals surface area (Å²) in [5.74, 6) is 0. The minimum Gasteiger partial charge on any atom is -0.424 e. The van der Waals surface area contributed by atoms with Crippen molar-refractivity contribution in [2.45, 2.75) is 19.5 Å². The maximum atomic E-state index is 5.70. The molecule has 0 aliphatic rings. The zero-order chi connectivity index (χ0) is 15.4. The number of oxazole rings is 1. The number of rotatable bonds is 6. The number of likely N-dealkylation sites (N-methyl/N-ethyl adjacent to an activating group) is 1. The van der Waals surface area contributed by atoms with E-state index in [-0.39, 0.29) is 6.04 Å². The minimum atomic E-state index is 0.252. The van der Waals surface area contributed by atoms with Crippen LogP contribution >= 0.6 is 0 Å². The number of nitrogens with zero attached hydrogens (tertiary/aromatic N) is 2. The molecule has 4 nitrogen and oxygen atoms in total. The number of aromatic nitrogens is 1. The SMILES string of the molecule is CC(CN(C)Cc1ccccc1)Nc1nc2ccccc2o1. The van der Waals surface area contributed by atoms with E-state index >= 15 is 0 Å². The topological polar surface area (TPSA) is 41.3 Å². The highest BCUT2D eigenvalue weighted by molar-refractivity contribution is 5.74. The monoisotopic (exact) mass is 295 g/mol. The van der Waals surface area contributed by atoms with Crippen LogP contribution in [-0.2, 0) is 6.54 Å². The Balaban J connectivity index is 1.56. The maximum absolute atomic E-state index is 5.70. The van der Waals surface area contributed by atoms with E-state index in [1.165, 1.54) is 5.56 Å². The Labute approximate surface area is 130 Å². The molecule has 0 saturated carbocycles. The van der Waals surface area contributed by atoms with Crippen molar-refractivity contribution >= 4 is 17.1 Å². The van der Waals surface area contributed by atoms with E-state index in [1.54, 1.807) is 0 Å². The van der Waals surface area contributed by atoms with Gasteiger partial charge >= 0.3 is 0 Å². The summed E-state index contributed by atoms with van der Waals surface area (Å²) >= 11 is 0. The molecule has 1 N–H and O–H groups in total. The van der Waals surface area contributed by atoms with Crippen molar-refractivity contribution in [1.29, 1.82) is 0 Å². The molecule has 4 heteroatoms. The fraction of sp³-hybridized carbons (Fsp3) is 0.278. The van der Waals surface area contributed by atoms with E-state index in [1.807, 2.05) is 30.3 Å². The lowest BCUT2D eigenvalue weighted by Crippen LogP contribution is -2.32. The lowest BCUT2D eigenvalue weighted by molar-refractivity contribution is 0.315. The molecule has 0 radical (unpaired) electrons. The number of hydrogen-bond acceptors (Lipinski definition) is 4. The quantitative estimate of drug-likeness (QED) is 0.752. The van der Waals surface area contributed by atoms with Gasteiger partial charge in [0.1, 0.15) is 5.52 Å². The van der Waals surface area contributed by atoms with Crippen LogP contribution in [0.2, 0.25) is 0 Å². The summed E-state index contributed by atoms with van der Waals surface area (Å²) in [7, 11) is 2.12. The van der Waals surface area contributed by atoms with Gasteiger partial charge in [0.15, 0.2) is 5.58 Å². The van der Waals surface area contributed by atoms with E-state index in [2.05, 4.69) is 53.4 Å². The average molecular weight is 295 g/mol. The lowest BCUT2D eigenvalue weighted by Gasteiger charge is -2.21. The van der Waals surface area contributed by atoms with Gasteiger partial charge in [-0.2, -0.15) is 4.98 Å². The predicted octanol–water partition coefficient (Wildman–Crippen LogP) is 3.76. The van der Waals surface area contributed by atoms with Gasteiger partial charge in [0.05, 0.1) is 0 Å². The van der Waals surface area contributed by atoms with E-state index in [0.29, 0.717) is 6.01 Å². The van der Waals surface area contributed by atoms with Crippen molar-refractivity contribution in [1.82, 2.24) is 9.88 Å². The van der Waals surface area contributed by atoms with E-state index in [9.17, 15) is 0 Å². The fourth-order valence-corrected chi connectivity index (χ4v) is 2.62. The summed E-state index contributed by atoms with van der Waals surface area (Å²) in [5.41, 5.74) is 3.02. The molecule has 3 rings (SSSR count). The molecule has 0 saturated heterocycles. The van der Waals surface area contributed by atoms with Crippen LogP contribution in [0.1, 0.15) is 12.5 Å². The zero-order valence-electron chi connectivity index (χ0n) is 13.0. The van der Waals surface area contributed by atoms with Gasteiger partial charge < -0.3 is 14.6 Å². The Morgan fingerprint density at radius 2 is 1.82 bits per heavy atom. The Bertz CT molecular complexity index is 690. The van der Waals surface area contributed by atoms with Crippen LogP contribution in [0.4, 0.5) is 6.01 Å². The number of benzene rings is 2. The highest BCUT2D eigenvalue weighted by Gasteiger charge is 2.11. The molecule has 22 heavy (non-hydrogen) atoms. The fourth-order valence-electron chi connectivity index (χ4n) is 2.62. The second kappa shape index (κ2) is 6.62. The summed E-state index contributed by atoms with van der Waals surface area (Å²) in [4.78, 5) is 6.74. The molecule has 0 aliphatic carbocycles. The summed E-state index contributed by atoms with van der Waals surface area (Å²) < 4.78 is 5.70. The molecule has 0 aliphatic heterocycles. The summed E-state index contributed by atoms with van der Waals surface area (Å²) in [6.45, 7) is 3.98. The van der Waals surface area contributed by atoms with Gasteiger partial charge in [-0.05, 0) is 31.7 Å². The predicted molar refractivity (Wildman–Crippen MR) is 89.9 cm³/mol. The standard InChI is InChI=1S/C18H21N3O/c1-14(12-21(2)13-15-8-4-3-5-9-15)19-18-20-16-10-6-7-11-17(16)22-18/h3-11,14H,12-13H2,1-2H3,(H,19,20). The first kappa shape index (κ1) is 14.6. The second-order valence-electron chi connectivity index (χ2n) is 5.71. The molecular formula is C18H21N3O. The Kier molecular flexibility index (Phi) is 4.39. The third-order valence-corrected chi connectivity index (χ3v) is 3.54. The molecule has 1 aromatic heterocycles. The maximum Gasteiger partial charge on any atom is 0.295 e. The number of nitrogens with one attached hydrogen (secondary N) is 1. The van der Waals surface area contributed by atoms with Crippen LogP contribution in [0.5, 0.6) is 0 Å². The average Bonchev–Trinajstić information content (AvgIpc) is 2.89. The van der Waals surface area contributed by atoms with E-state index in [4.69, 9.17) is 4.42 Å². The van der Waals surface area contributed by atoms with Gasteiger partial charge in [-0.25, -0.2) is 0 Å². The van der Waals surface area contributed by atoms with E-state index in [0.717, 1.165) is 24.2 Å². The van der Waals surface area contributed by atoms with Crippen LogP contribution in [0.3, 0.4) is 0 Å². The number of para-hydroxylation sites is 2. The van der Waals surface area contributed by atoms with E-state index < -0.39 is 0 Å². The van der Waals surface area contributed by atoms with Crippen LogP contribution in [0.15, 0.2) is 59.0 Å². The Morgan fingerprint density at radius 1 is 1.09 bits per heavy atom. The van der Waals surface area contributed by atoms with Gasteiger partial charge in [-0.15, -0.1) is 0 Å². The highest BCUT2D eigenvalue weighted by atomic mass is 16.4. The number of hydrogen-bond donors (Lipinski definition) is 1. The van der Waals surface area contributed by atoms with Gasteiger partial charge in [-0.3, -0.25) is 0 Å². The van der Waals surface area contributed by atoms with Crippen LogP contribution in [0.25, 0.3) is 11.1 Å². The first-order valence-corrected chi connectivity index (χ1v) is 7.55. The zero-order valence-corrected chi connectivity index (χ0v) is 13.0. The number of anilines is 1. The molecule has 0 spiro atoms. The highest BCUT2D eigenvalue weighted by Crippen LogP contribution is 2.18. The molecule has 0 bridgehead atoms. The van der Waals surface area contributed by atoms with Crippen molar-refractivity contribution < 1.29 is 4.42 Å². The van der Waals surface area contributed by atoms with Crippen LogP contribution < -0.4 is 5.32 Å². The molecule has 3 aromatic rings. The summed E-state index contributed by atoms with van der Waals surface area (Å²) in [5, 5.41) is 3.33. The third kappa shape index (κ3) is 3.65. The smallest absolute Gasteiger partial charge is 0.295 e. The van der Waals surface area contributed by atoms with Crippen molar-refractivity contribution in [3.8, 4) is 0 Å². The normalized spacial score (nSPS) is 12.7. The van der Waals surface area contributed by atoms with Crippen molar-refractivity contribution in [3.63, 3.8) is 0 Å². The van der Waals surface area contributed by atoms with Crippen LogP contribution in [-0.4, -0.2) is 29.5 Å². The van der Waals surface area contributed by atoms with Crippen molar-refractivity contribution in [2.24, 2.45) is 0 Å². The lowest BCUT2D eigenvalue weighted by atomic mass is 10.2. The van der Waals surface area contributed by atoms with Crippen molar-refractivity contribution in [3.05, 3.63) is 60.2 Å². The third-order valence-electron chi connectivity index (χ3n) is 3.54. The first-order chi connectivity index (χ1) is 10.7. The van der Waals surface area contributed by atoms with Crippen molar-refractivity contribution in [2.75, 3.05) is 18.9 Å². The summed E-state index contributed by atoms with van der Waals surface area (Å²) in [6, 6.07) is 19.1. The Hall–Kier alpha value is -2.33. The van der Waals surface area contributed by atoms with Crippen LogP contribution in [0, 0.1) is 0 Å². The largest absolute Gasteiger partial charge is 0.424 e. The van der Waals surface area contributed by atoms with Gasteiger partial charge in [0.25, 0.3) is 6.01 Å². The molecule has 1 atom stereocenters. The Morgan fingerprint density at radius 3 is 2.59 bits per heavy atom. The minimum absolute atomic E-state index is 0.252. The van der Waals surface area contributed by atoms with Gasteiger partial charge in [-0.1, -0.05) is 42.5 Å². The van der Waals surface area contributed by atoms with Gasteiger partial charge in [0, 0.05) is 19.1 Å². The first-order valence-electron chi connectivity index (χ1n) is 7.55. The molecule has 114 valence electrons. The molecule has 0 fully saturated rings. The molecule has 2 aromatic carbocycles. The second-order valence-corrected chi connectivity index (χ2v) is 5.71. The van der Waals surface area contributed by atoms with Gasteiger partial charge in [0.2, 0.25) is 0 Å². The molecule has 0 amide bonds. The summed E-state index contributed by atoms with van der Waals surface area (Å²) in [6.07, 6.45) is 0. The molecular weight excluding hydrogens is 274 g/mol. The molecule has 1 heterocycles.